The number of rotatable bonds is 10. The first-order chi connectivity index (χ1) is 8.51. The van der Waals surface area contributed by atoms with Crippen molar-refractivity contribution in [1.29, 1.82) is 0 Å². The molecule has 2 N–H and O–H groups in total. The van der Waals surface area contributed by atoms with Gasteiger partial charge < -0.3 is 15.5 Å². The highest BCUT2D eigenvalue weighted by Crippen LogP contribution is 1.99. The van der Waals surface area contributed by atoms with Gasteiger partial charge in [-0.2, -0.15) is 0 Å². The molecule has 0 rings (SSSR count). The number of carbonyl (C=O) groups excluding carboxylic acids is 1. The molecule has 1 amide bonds. The molecule has 0 atom stereocenters. The molecule has 106 valence electrons. The molecule has 0 bridgehead atoms. The van der Waals surface area contributed by atoms with E-state index in [0.29, 0.717) is 24.4 Å². The van der Waals surface area contributed by atoms with E-state index in [1.165, 1.54) is 12.8 Å². The number of carbonyl (C=O) groups is 1. The Morgan fingerprint density at radius 3 is 2.33 bits per heavy atom. The van der Waals surface area contributed by atoms with E-state index in [-0.39, 0.29) is 5.91 Å². The van der Waals surface area contributed by atoms with Gasteiger partial charge in [-0.05, 0) is 19.5 Å². The van der Waals surface area contributed by atoms with Crippen LogP contribution in [0.15, 0.2) is 0 Å². The van der Waals surface area contributed by atoms with Crippen molar-refractivity contribution in [2.75, 3.05) is 33.2 Å². The Bertz CT molecular complexity index is 259. The molecule has 0 saturated heterocycles. The summed E-state index contributed by atoms with van der Waals surface area (Å²) in [4.78, 5) is 16.4. The summed E-state index contributed by atoms with van der Waals surface area (Å²) in [5, 5.41) is 0. The molecule has 5 heteroatoms. The van der Waals surface area contributed by atoms with Gasteiger partial charge in [-0.1, -0.05) is 32.5 Å². The summed E-state index contributed by atoms with van der Waals surface area (Å²) < 4.78 is 0. The first kappa shape index (κ1) is 17.3. The molecule has 0 spiro atoms. The Morgan fingerprint density at radius 1 is 1.17 bits per heavy atom. The largest absolute Gasteiger partial charge is 0.393 e. The van der Waals surface area contributed by atoms with Gasteiger partial charge >= 0.3 is 0 Å². The highest BCUT2D eigenvalue weighted by atomic mass is 32.1. The van der Waals surface area contributed by atoms with Crippen LogP contribution < -0.4 is 5.73 Å². The van der Waals surface area contributed by atoms with Crippen molar-refractivity contribution in [2.45, 2.75) is 39.5 Å². The first-order valence-corrected chi connectivity index (χ1v) is 7.16. The van der Waals surface area contributed by atoms with Crippen LogP contribution in [0, 0.1) is 0 Å². The summed E-state index contributed by atoms with van der Waals surface area (Å²) in [5.74, 6) is 0.168. The zero-order chi connectivity index (χ0) is 14.0. The fraction of sp³-hybridized carbons (Fsp3) is 0.846. The first-order valence-electron chi connectivity index (χ1n) is 6.75. The third kappa shape index (κ3) is 8.42. The van der Waals surface area contributed by atoms with Crippen LogP contribution in [0.2, 0.25) is 0 Å². The van der Waals surface area contributed by atoms with Gasteiger partial charge in [0.1, 0.15) is 0 Å². The van der Waals surface area contributed by atoms with E-state index in [0.717, 1.165) is 19.6 Å². The molecule has 18 heavy (non-hydrogen) atoms. The van der Waals surface area contributed by atoms with Crippen molar-refractivity contribution < 1.29 is 4.79 Å². The van der Waals surface area contributed by atoms with Gasteiger partial charge in [0.25, 0.3) is 0 Å². The van der Waals surface area contributed by atoms with E-state index in [1.54, 1.807) is 4.90 Å². The summed E-state index contributed by atoms with van der Waals surface area (Å²) in [6.45, 7) is 7.86. The fourth-order valence-corrected chi connectivity index (χ4v) is 1.75. The Labute approximate surface area is 116 Å². The second-order valence-corrected chi connectivity index (χ2v) is 5.09. The predicted octanol–water partition coefficient (Wildman–Crippen LogP) is 1.63. The third-order valence-corrected chi connectivity index (χ3v) is 3.24. The van der Waals surface area contributed by atoms with Gasteiger partial charge in [0.05, 0.1) is 4.99 Å². The molecule has 0 aromatic rings. The van der Waals surface area contributed by atoms with Crippen molar-refractivity contribution in [3.8, 4) is 0 Å². The predicted molar refractivity (Wildman–Crippen MR) is 80.7 cm³/mol. The Hall–Kier alpha value is -0.680. The maximum atomic E-state index is 11.9. The molecule has 0 saturated carbocycles. The van der Waals surface area contributed by atoms with Gasteiger partial charge in [-0.3, -0.25) is 4.79 Å². The van der Waals surface area contributed by atoms with Crippen molar-refractivity contribution in [3.63, 3.8) is 0 Å². The fourth-order valence-electron chi connectivity index (χ4n) is 1.66. The van der Waals surface area contributed by atoms with E-state index in [4.69, 9.17) is 18.0 Å². The molecule has 0 radical (unpaired) electrons. The molecule has 0 unspecified atom stereocenters. The number of hydrogen-bond acceptors (Lipinski definition) is 3. The molecular weight excluding hydrogens is 246 g/mol. The standard InChI is InChI=1S/C13H27N3OS/c1-4-6-9-16(5-2)11-8-13(17)15(3)10-7-12(14)18/h4-11H2,1-3H3,(H2,14,18). The number of amides is 1. The minimum absolute atomic E-state index is 0.168. The van der Waals surface area contributed by atoms with Gasteiger partial charge in [-0.25, -0.2) is 0 Å². The molecule has 0 aliphatic heterocycles. The van der Waals surface area contributed by atoms with Gasteiger partial charge in [0.15, 0.2) is 0 Å². The van der Waals surface area contributed by atoms with Crippen LogP contribution in [0.25, 0.3) is 0 Å². The summed E-state index contributed by atoms with van der Waals surface area (Å²) in [6.07, 6.45) is 3.56. The Balaban J connectivity index is 3.88. The summed E-state index contributed by atoms with van der Waals surface area (Å²) in [6, 6.07) is 0. The zero-order valence-electron chi connectivity index (χ0n) is 11.9. The van der Waals surface area contributed by atoms with Crippen LogP contribution in [-0.4, -0.2) is 53.9 Å². The topological polar surface area (TPSA) is 49.6 Å². The Morgan fingerprint density at radius 2 is 1.83 bits per heavy atom. The molecule has 0 heterocycles. The lowest BCUT2D eigenvalue weighted by Crippen LogP contribution is -2.34. The van der Waals surface area contributed by atoms with E-state index in [2.05, 4.69) is 18.7 Å². The third-order valence-electron chi connectivity index (χ3n) is 3.04. The average molecular weight is 273 g/mol. The summed E-state index contributed by atoms with van der Waals surface area (Å²) >= 11 is 4.80. The van der Waals surface area contributed by atoms with Crippen LogP contribution in [0.1, 0.15) is 39.5 Å². The lowest BCUT2D eigenvalue weighted by atomic mass is 10.2. The van der Waals surface area contributed by atoms with Gasteiger partial charge in [-0.15, -0.1) is 0 Å². The minimum Gasteiger partial charge on any atom is -0.393 e. The van der Waals surface area contributed by atoms with Crippen LogP contribution in [0.4, 0.5) is 0 Å². The van der Waals surface area contributed by atoms with Crippen molar-refractivity contribution in [2.24, 2.45) is 5.73 Å². The smallest absolute Gasteiger partial charge is 0.223 e. The van der Waals surface area contributed by atoms with Gasteiger partial charge in [0, 0.05) is 33.0 Å². The highest BCUT2D eigenvalue weighted by Gasteiger charge is 2.10. The van der Waals surface area contributed by atoms with Crippen molar-refractivity contribution in [3.05, 3.63) is 0 Å². The normalized spacial score (nSPS) is 10.7. The second kappa shape index (κ2) is 10.3. The Kier molecular flexibility index (Phi) is 9.87. The number of hydrogen-bond donors (Lipinski definition) is 1. The molecule has 0 aliphatic carbocycles. The monoisotopic (exact) mass is 273 g/mol. The maximum absolute atomic E-state index is 11.9. The molecule has 0 fully saturated rings. The number of thiocarbonyl (C=S) groups is 1. The molecule has 0 aromatic carbocycles. The zero-order valence-corrected chi connectivity index (χ0v) is 12.8. The minimum atomic E-state index is 0.168. The molecular formula is C13H27N3OS. The highest BCUT2D eigenvalue weighted by molar-refractivity contribution is 7.80. The van der Waals surface area contributed by atoms with E-state index in [9.17, 15) is 4.79 Å². The second-order valence-electron chi connectivity index (χ2n) is 4.57. The van der Waals surface area contributed by atoms with E-state index in [1.807, 2.05) is 7.05 Å². The number of nitrogens with zero attached hydrogens (tertiary/aromatic N) is 2. The number of nitrogens with two attached hydrogens (primary N) is 1. The lowest BCUT2D eigenvalue weighted by Gasteiger charge is -2.22. The lowest BCUT2D eigenvalue weighted by molar-refractivity contribution is -0.130. The molecule has 4 nitrogen and oxygen atoms in total. The average Bonchev–Trinajstić information content (AvgIpc) is 2.35. The molecule has 0 aromatic heterocycles. The van der Waals surface area contributed by atoms with Crippen molar-refractivity contribution >= 4 is 23.1 Å². The van der Waals surface area contributed by atoms with Crippen LogP contribution in [-0.2, 0) is 4.79 Å². The molecule has 0 aliphatic rings. The number of unbranched alkanes of at least 4 members (excludes halogenated alkanes) is 1. The van der Waals surface area contributed by atoms with E-state index >= 15 is 0 Å². The maximum Gasteiger partial charge on any atom is 0.223 e. The van der Waals surface area contributed by atoms with Crippen LogP contribution in [0.5, 0.6) is 0 Å². The quantitative estimate of drug-likeness (QED) is 0.615. The SMILES string of the molecule is CCCCN(CC)CCC(=O)N(C)CCC(N)=S. The van der Waals surface area contributed by atoms with Crippen molar-refractivity contribution in [1.82, 2.24) is 9.80 Å². The van der Waals surface area contributed by atoms with E-state index < -0.39 is 0 Å². The summed E-state index contributed by atoms with van der Waals surface area (Å²) in [7, 11) is 1.81. The summed E-state index contributed by atoms with van der Waals surface area (Å²) in [5.41, 5.74) is 5.42. The van der Waals surface area contributed by atoms with Crippen LogP contribution in [0.3, 0.4) is 0 Å². The van der Waals surface area contributed by atoms with Gasteiger partial charge in [0.2, 0.25) is 5.91 Å². The van der Waals surface area contributed by atoms with Crippen LogP contribution >= 0.6 is 12.2 Å².